The van der Waals surface area contributed by atoms with Crippen LogP contribution in [0.15, 0.2) is 34.8 Å². The van der Waals surface area contributed by atoms with Crippen molar-refractivity contribution in [3.05, 3.63) is 35.4 Å². The number of nitrogens with one attached hydrogen (secondary N) is 2. The minimum atomic E-state index is 0. The van der Waals surface area contributed by atoms with Gasteiger partial charge in [0.2, 0.25) is 0 Å². The molecule has 0 radical (unpaired) electrons. The number of methoxy groups -OCH3 is 1. The number of hydrogen-bond acceptors (Lipinski definition) is 4. The first-order chi connectivity index (χ1) is 13.8. The molecule has 6 nitrogen and oxygen atoms in total. The Morgan fingerprint density at radius 3 is 2.76 bits per heavy atom. The van der Waals surface area contributed by atoms with E-state index in [4.69, 9.17) is 14.2 Å². The minimum absolute atomic E-state index is 0. The van der Waals surface area contributed by atoms with E-state index in [0.29, 0.717) is 12.6 Å². The maximum absolute atomic E-state index is 6.31. The van der Waals surface area contributed by atoms with E-state index in [0.717, 1.165) is 68.5 Å². The lowest BCUT2D eigenvalue weighted by molar-refractivity contribution is 0.153. The molecule has 29 heavy (non-hydrogen) atoms. The lowest BCUT2D eigenvalue weighted by Gasteiger charge is -2.20. The Balaban J connectivity index is 0.00000300. The molecule has 2 N–H and O–H groups in total. The first-order valence-electron chi connectivity index (χ1n) is 10.3. The van der Waals surface area contributed by atoms with Crippen molar-refractivity contribution in [3.8, 4) is 11.5 Å². The molecule has 1 aromatic rings. The van der Waals surface area contributed by atoms with Crippen LogP contribution in [0, 0.1) is 0 Å². The highest BCUT2D eigenvalue weighted by Crippen LogP contribution is 2.34. The van der Waals surface area contributed by atoms with Crippen LogP contribution in [0.4, 0.5) is 0 Å². The van der Waals surface area contributed by atoms with Crippen LogP contribution in [0.2, 0.25) is 0 Å². The average Bonchev–Trinajstić information content (AvgIpc) is 3.25. The monoisotopic (exact) mass is 515 g/mol. The van der Waals surface area contributed by atoms with Crippen LogP contribution in [0.1, 0.15) is 44.1 Å². The predicted molar refractivity (Wildman–Crippen MR) is 128 cm³/mol. The predicted octanol–water partition coefficient (Wildman–Crippen LogP) is 4.04. The second-order valence-corrected chi connectivity index (χ2v) is 7.26. The van der Waals surface area contributed by atoms with E-state index in [1.807, 2.05) is 12.1 Å². The molecule has 0 amide bonds. The molecule has 0 saturated heterocycles. The maximum Gasteiger partial charge on any atom is 0.191 e. The number of ether oxygens (including phenoxy) is 3. The molecule has 1 heterocycles. The zero-order valence-electron chi connectivity index (χ0n) is 17.5. The molecule has 3 rings (SSSR count). The molecular formula is C22H34IN3O3. The summed E-state index contributed by atoms with van der Waals surface area (Å²) < 4.78 is 17.2. The van der Waals surface area contributed by atoms with E-state index in [2.05, 4.69) is 27.8 Å². The third kappa shape index (κ3) is 7.37. The number of halogens is 1. The first kappa shape index (κ1) is 23.8. The topological polar surface area (TPSA) is 64.1 Å². The molecule has 0 atom stereocenters. The third-order valence-corrected chi connectivity index (χ3v) is 5.33. The van der Waals surface area contributed by atoms with Gasteiger partial charge < -0.3 is 24.8 Å². The number of aliphatic imine (C=N–C) groups is 1. The normalized spacial score (nSPS) is 17.3. The summed E-state index contributed by atoms with van der Waals surface area (Å²) in [5.74, 6) is 2.44. The van der Waals surface area contributed by atoms with Gasteiger partial charge in [-0.25, -0.2) is 0 Å². The van der Waals surface area contributed by atoms with E-state index < -0.39 is 0 Å². The van der Waals surface area contributed by atoms with Gasteiger partial charge in [-0.05, 0) is 44.6 Å². The van der Waals surface area contributed by atoms with Gasteiger partial charge >= 0.3 is 0 Å². The van der Waals surface area contributed by atoms with E-state index in [1.165, 1.54) is 18.4 Å². The fourth-order valence-electron chi connectivity index (χ4n) is 3.70. The van der Waals surface area contributed by atoms with Crippen molar-refractivity contribution >= 4 is 29.9 Å². The minimum Gasteiger partial charge on any atom is -0.493 e. The number of benzene rings is 1. The van der Waals surface area contributed by atoms with E-state index >= 15 is 0 Å². The van der Waals surface area contributed by atoms with Gasteiger partial charge in [0.05, 0.1) is 26.4 Å². The fraction of sp³-hybridized carbons (Fsp3) is 0.591. The summed E-state index contributed by atoms with van der Waals surface area (Å²) >= 11 is 0. The molecule has 1 aliphatic heterocycles. The van der Waals surface area contributed by atoms with Gasteiger partial charge in [-0.3, -0.25) is 4.99 Å². The van der Waals surface area contributed by atoms with Crippen molar-refractivity contribution < 1.29 is 14.2 Å². The van der Waals surface area contributed by atoms with E-state index in [9.17, 15) is 0 Å². The number of nitrogens with zero attached hydrogens (tertiary/aromatic N) is 1. The molecule has 1 aromatic carbocycles. The Bertz CT molecular complexity index is 688. The number of para-hydroxylation sites is 1. The van der Waals surface area contributed by atoms with Crippen molar-refractivity contribution in [2.45, 2.75) is 51.2 Å². The highest BCUT2D eigenvalue weighted by atomic mass is 127. The third-order valence-electron chi connectivity index (χ3n) is 5.33. The van der Waals surface area contributed by atoms with Gasteiger partial charge in [-0.2, -0.15) is 0 Å². The molecule has 162 valence electrons. The summed E-state index contributed by atoms with van der Waals surface area (Å²) in [6.45, 7) is 3.06. The Hall–Kier alpha value is -1.48. The number of guanidine groups is 1. The van der Waals surface area contributed by atoms with E-state index in [1.54, 1.807) is 14.2 Å². The fourth-order valence-corrected chi connectivity index (χ4v) is 3.70. The Labute approximate surface area is 191 Å². The van der Waals surface area contributed by atoms with Gasteiger partial charge in [0, 0.05) is 25.7 Å². The van der Waals surface area contributed by atoms with Gasteiger partial charge in [0.25, 0.3) is 0 Å². The van der Waals surface area contributed by atoms with Crippen LogP contribution < -0.4 is 20.1 Å². The summed E-state index contributed by atoms with van der Waals surface area (Å²) in [7, 11) is 3.49. The Morgan fingerprint density at radius 1 is 1.24 bits per heavy atom. The van der Waals surface area contributed by atoms with Crippen LogP contribution in [-0.4, -0.2) is 46.0 Å². The van der Waals surface area contributed by atoms with Crippen molar-refractivity contribution in [1.29, 1.82) is 0 Å². The van der Waals surface area contributed by atoms with Crippen LogP contribution >= 0.6 is 24.0 Å². The SMILES string of the molecule is CN=C(NCCC1=CCOCC1)NCc1cccc(OC)c1OC1CCCC1.I. The van der Waals surface area contributed by atoms with Gasteiger partial charge in [0.1, 0.15) is 0 Å². The molecule has 0 spiro atoms. The second kappa shape index (κ2) is 13.0. The van der Waals surface area contributed by atoms with Gasteiger partial charge in [0.15, 0.2) is 17.5 Å². The zero-order valence-corrected chi connectivity index (χ0v) is 19.9. The Morgan fingerprint density at radius 2 is 2.07 bits per heavy atom. The summed E-state index contributed by atoms with van der Waals surface area (Å²) in [5.41, 5.74) is 2.54. The standard InChI is InChI=1S/C22H33N3O3.HI/c1-23-22(24-13-10-17-11-14-27-15-12-17)25-16-18-6-5-9-20(26-2)21(18)28-19-7-3-4-8-19;/h5-6,9,11,19H,3-4,7-8,10,12-16H2,1-2H3,(H2,23,24,25);1H. The van der Waals surface area contributed by atoms with Crippen LogP contribution in [0.25, 0.3) is 0 Å². The van der Waals surface area contributed by atoms with Crippen molar-refractivity contribution in [2.24, 2.45) is 4.99 Å². The van der Waals surface area contributed by atoms with Crippen molar-refractivity contribution in [3.63, 3.8) is 0 Å². The number of hydrogen-bond donors (Lipinski definition) is 2. The molecule has 0 aromatic heterocycles. The lowest BCUT2D eigenvalue weighted by atomic mass is 10.1. The summed E-state index contributed by atoms with van der Waals surface area (Å²) in [6, 6.07) is 6.05. The van der Waals surface area contributed by atoms with Gasteiger partial charge in [-0.1, -0.05) is 23.8 Å². The Kier molecular flexibility index (Phi) is 10.6. The number of rotatable bonds is 8. The lowest BCUT2D eigenvalue weighted by Crippen LogP contribution is -2.37. The maximum atomic E-state index is 6.31. The largest absolute Gasteiger partial charge is 0.493 e. The molecular weight excluding hydrogens is 481 g/mol. The molecule has 1 aliphatic carbocycles. The highest BCUT2D eigenvalue weighted by Gasteiger charge is 2.20. The van der Waals surface area contributed by atoms with Crippen molar-refractivity contribution in [1.82, 2.24) is 10.6 Å². The van der Waals surface area contributed by atoms with Crippen molar-refractivity contribution in [2.75, 3.05) is 33.9 Å². The van der Waals surface area contributed by atoms with Gasteiger partial charge in [-0.15, -0.1) is 24.0 Å². The second-order valence-electron chi connectivity index (χ2n) is 7.26. The first-order valence-corrected chi connectivity index (χ1v) is 10.3. The highest BCUT2D eigenvalue weighted by molar-refractivity contribution is 14.0. The van der Waals surface area contributed by atoms with E-state index in [-0.39, 0.29) is 24.0 Å². The molecule has 7 heteroatoms. The molecule has 2 aliphatic rings. The summed E-state index contributed by atoms with van der Waals surface area (Å²) in [6.07, 6.45) is 9.24. The smallest absolute Gasteiger partial charge is 0.191 e. The molecule has 0 bridgehead atoms. The molecule has 0 unspecified atom stereocenters. The van der Waals surface area contributed by atoms with Crippen LogP contribution in [0.5, 0.6) is 11.5 Å². The summed E-state index contributed by atoms with van der Waals surface area (Å²) in [5, 5.41) is 6.79. The molecule has 1 fully saturated rings. The molecule has 1 saturated carbocycles. The van der Waals surface area contributed by atoms with Crippen LogP contribution in [-0.2, 0) is 11.3 Å². The van der Waals surface area contributed by atoms with Crippen LogP contribution in [0.3, 0.4) is 0 Å². The zero-order chi connectivity index (χ0) is 19.6. The summed E-state index contributed by atoms with van der Waals surface area (Å²) in [4.78, 5) is 4.34. The quantitative estimate of drug-likeness (QED) is 0.237. The average molecular weight is 515 g/mol.